The number of hydrazine groups is 1. The molecule has 2 aromatic rings. The smallest absolute Gasteiger partial charge is 0.370 e. The number of pyridine rings is 1. The topological polar surface area (TPSA) is 95.8 Å². The molecule has 0 amide bonds. The molecule has 0 bridgehead atoms. The number of allylic oxidation sites excluding steroid dienone is 2. The van der Waals surface area contributed by atoms with Crippen LogP contribution >= 0.6 is 0 Å². The number of anilines is 1. The summed E-state index contributed by atoms with van der Waals surface area (Å²) >= 11 is 0. The van der Waals surface area contributed by atoms with Gasteiger partial charge in [0.15, 0.2) is 0 Å². The Bertz CT molecular complexity index is 1430. The van der Waals surface area contributed by atoms with Crippen LogP contribution in [0.2, 0.25) is 0 Å². The minimum Gasteiger partial charge on any atom is -0.370 e. The maximum absolute atomic E-state index is 13.6. The molecule has 1 aromatic heterocycles. The summed E-state index contributed by atoms with van der Waals surface area (Å²) < 4.78 is 81.4. The lowest BCUT2D eigenvalue weighted by atomic mass is 10.0. The Labute approximate surface area is 239 Å². The molecule has 0 saturated heterocycles. The van der Waals surface area contributed by atoms with E-state index in [4.69, 9.17) is 11.6 Å². The van der Waals surface area contributed by atoms with E-state index in [1.165, 1.54) is 4.90 Å². The summed E-state index contributed by atoms with van der Waals surface area (Å²) in [5.41, 5.74) is 6.91. The van der Waals surface area contributed by atoms with Gasteiger partial charge in [-0.15, -0.1) is 5.10 Å². The highest BCUT2D eigenvalue weighted by Crippen LogP contribution is 2.38. The number of fused-ring (bicyclic) bond motifs is 1. The second-order valence-corrected chi connectivity index (χ2v) is 11.1. The van der Waals surface area contributed by atoms with Crippen molar-refractivity contribution in [1.82, 2.24) is 15.4 Å². The average molecular weight is 594 g/mol. The Morgan fingerprint density at radius 1 is 0.952 bits per heavy atom. The van der Waals surface area contributed by atoms with Crippen molar-refractivity contribution in [3.63, 3.8) is 0 Å². The summed E-state index contributed by atoms with van der Waals surface area (Å²) in [4.78, 5) is 8.43. The van der Waals surface area contributed by atoms with Gasteiger partial charge in [0.25, 0.3) is 0 Å². The molecule has 0 spiro atoms. The van der Waals surface area contributed by atoms with E-state index in [0.717, 1.165) is 60.6 Å². The summed E-state index contributed by atoms with van der Waals surface area (Å²) in [6.45, 7) is 1.36. The van der Waals surface area contributed by atoms with Gasteiger partial charge in [-0.3, -0.25) is 4.98 Å². The molecule has 2 saturated carbocycles. The van der Waals surface area contributed by atoms with Gasteiger partial charge in [0.1, 0.15) is 0 Å². The molecule has 13 heteroatoms. The van der Waals surface area contributed by atoms with Crippen molar-refractivity contribution in [2.24, 2.45) is 28.5 Å². The summed E-state index contributed by atoms with van der Waals surface area (Å²) in [5, 5.41) is 5.54. The van der Waals surface area contributed by atoms with Gasteiger partial charge in [-0.2, -0.15) is 26.3 Å². The molecule has 0 radical (unpaired) electrons. The van der Waals surface area contributed by atoms with E-state index < -0.39 is 23.5 Å². The predicted molar refractivity (Wildman–Crippen MR) is 148 cm³/mol. The first-order valence-corrected chi connectivity index (χ1v) is 13.8. The standard InChI is InChI=1S/C29H33F6N7/c30-28(31,32)22-10-20(11-23(12-22)29(33,34)35)16-42(27(36)39-40-37)17-21-13-38-25-5-3-1-2-4-24(25)26(21)41(14-18-6-7-18)15-19-8-9-19/h1,3-5,10-13,18-19,40H,2,6-9,14-17,37H2,(H2,36,39). The minimum absolute atomic E-state index is 0.0251. The molecule has 5 N–H and O–H groups in total. The Morgan fingerprint density at radius 3 is 2.12 bits per heavy atom. The zero-order chi connectivity index (χ0) is 30.1. The molecule has 0 atom stereocenters. The van der Waals surface area contributed by atoms with Crippen LogP contribution < -0.4 is 32.6 Å². The number of benzene rings is 1. The van der Waals surface area contributed by atoms with Crippen molar-refractivity contribution in [1.29, 1.82) is 0 Å². The molecule has 42 heavy (non-hydrogen) atoms. The number of nitrogens with zero attached hydrogens (tertiary/aromatic N) is 4. The molecular weight excluding hydrogens is 560 g/mol. The van der Waals surface area contributed by atoms with E-state index in [-0.39, 0.29) is 30.7 Å². The molecule has 2 fully saturated rings. The van der Waals surface area contributed by atoms with E-state index in [9.17, 15) is 26.3 Å². The summed E-state index contributed by atoms with van der Waals surface area (Å²) in [6, 6.07) is 1.50. The third-order valence-corrected chi connectivity index (χ3v) is 7.60. The van der Waals surface area contributed by atoms with Crippen LogP contribution in [0.25, 0.3) is 12.2 Å². The van der Waals surface area contributed by atoms with Crippen molar-refractivity contribution in [2.45, 2.75) is 57.5 Å². The Morgan fingerprint density at radius 2 is 1.57 bits per heavy atom. The summed E-state index contributed by atoms with van der Waals surface area (Å²) in [5.74, 6) is 6.30. The highest BCUT2D eigenvalue weighted by molar-refractivity contribution is 5.78. The van der Waals surface area contributed by atoms with Crippen molar-refractivity contribution in [3.05, 3.63) is 69.4 Å². The zero-order valence-electron chi connectivity index (χ0n) is 22.8. The predicted octanol–water partition coefficient (Wildman–Crippen LogP) is 3.96. The number of nitrogens with two attached hydrogens (primary N) is 2. The number of hydrazone groups is 1. The molecule has 5 rings (SSSR count). The molecule has 0 aliphatic heterocycles. The fourth-order valence-corrected chi connectivity index (χ4v) is 5.19. The molecule has 1 aromatic carbocycles. The first-order valence-electron chi connectivity index (χ1n) is 13.8. The number of guanidine groups is 1. The Balaban J connectivity index is 1.58. The number of nitrogens with one attached hydrogen (secondary N) is 1. The number of rotatable bonds is 10. The van der Waals surface area contributed by atoms with Crippen LogP contribution in [0.3, 0.4) is 0 Å². The Kier molecular flexibility index (Phi) is 8.40. The average Bonchev–Trinajstić information content (AvgIpc) is 3.83. The lowest BCUT2D eigenvalue weighted by Crippen LogP contribution is -2.43. The zero-order valence-corrected chi connectivity index (χ0v) is 22.8. The van der Waals surface area contributed by atoms with Gasteiger partial charge in [0.05, 0.1) is 22.2 Å². The third kappa shape index (κ3) is 7.36. The Hall–Kier alpha value is -3.74. The number of hydrogen-bond donors (Lipinski definition) is 3. The molecular formula is C29H33F6N7. The summed E-state index contributed by atoms with van der Waals surface area (Å²) in [7, 11) is 0. The van der Waals surface area contributed by atoms with Crippen LogP contribution in [0.4, 0.5) is 32.0 Å². The molecule has 226 valence electrons. The second-order valence-electron chi connectivity index (χ2n) is 11.1. The van der Waals surface area contributed by atoms with E-state index in [1.54, 1.807) is 6.20 Å². The number of halogens is 6. The van der Waals surface area contributed by atoms with Gasteiger partial charge < -0.3 is 15.5 Å². The monoisotopic (exact) mass is 593 g/mol. The third-order valence-electron chi connectivity index (χ3n) is 7.60. The number of aromatic nitrogens is 1. The fraction of sp³-hybridized carbons (Fsp3) is 0.448. The van der Waals surface area contributed by atoms with Gasteiger partial charge >= 0.3 is 12.4 Å². The maximum atomic E-state index is 13.6. The van der Waals surface area contributed by atoms with Crippen molar-refractivity contribution in [2.75, 3.05) is 18.0 Å². The van der Waals surface area contributed by atoms with Crippen LogP contribution in [-0.2, 0) is 25.4 Å². The minimum atomic E-state index is -4.97. The van der Waals surface area contributed by atoms with Gasteiger partial charge in [-0.1, -0.05) is 18.2 Å². The van der Waals surface area contributed by atoms with Gasteiger partial charge in [0, 0.05) is 43.2 Å². The summed E-state index contributed by atoms with van der Waals surface area (Å²) in [6.07, 6.45) is 5.03. The lowest BCUT2D eigenvalue weighted by Gasteiger charge is -2.31. The van der Waals surface area contributed by atoms with E-state index in [1.807, 2.05) is 18.2 Å². The van der Waals surface area contributed by atoms with E-state index >= 15 is 0 Å². The second kappa shape index (κ2) is 11.9. The number of hydrogen-bond acceptors (Lipinski definition) is 5. The van der Waals surface area contributed by atoms with E-state index in [2.05, 4.69) is 26.6 Å². The SMILES string of the molecule is NN/N=C(\N)N(Cc1cc(C(F)(F)F)cc(C(F)(F)F)c1)Cc1cnc2c(c1N(CC1CC1)CC1CC1)=CCC=CC=2. The van der Waals surface area contributed by atoms with Crippen LogP contribution in [-0.4, -0.2) is 28.9 Å². The molecule has 1 heterocycles. The van der Waals surface area contributed by atoms with Crippen LogP contribution in [0.1, 0.15) is 54.4 Å². The molecule has 3 aliphatic carbocycles. The number of alkyl halides is 6. The van der Waals surface area contributed by atoms with Crippen LogP contribution in [0.5, 0.6) is 0 Å². The van der Waals surface area contributed by atoms with Crippen LogP contribution in [0, 0.1) is 11.8 Å². The first-order chi connectivity index (χ1) is 19.9. The fourth-order valence-electron chi connectivity index (χ4n) is 5.19. The normalized spacial score (nSPS) is 17.2. The van der Waals surface area contributed by atoms with Crippen molar-refractivity contribution < 1.29 is 26.3 Å². The lowest BCUT2D eigenvalue weighted by molar-refractivity contribution is -0.143. The molecule has 0 unspecified atom stereocenters. The van der Waals surface area contributed by atoms with E-state index in [0.29, 0.717) is 30.4 Å². The maximum Gasteiger partial charge on any atom is 0.416 e. The quantitative estimate of drug-likeness (QED) is 0.127. The van der Waals surface area contributed by atoms with Crippen LogP contribution in [0.15, 0.2) is 41.6 Å². The van der Waals surface area contributed by atoms with Crippen molar-refractivity contribution in [3.8, 4) is 0 Å². The molecule has 7 nitrogen and oxygen atoms in total. The van der Waals surface area contributed by atoms with Gasteiger partial charge in [0.2, 0.25) is 5.96 Å². The molecule has 3 aliphatic rings. The first kappa shape index (κ1) is 29.7. The van der Waals surface area contributed by atoms with Crippen molar-refractivity contribution >= 4 is 23.8 Å². The largest absolute Gasteiger partial charge is 0.416 e. The highest BCUT2D eigenvalue weighted by Gasteiger charge is 2.37. The van der Waals surface area contributed by atoms with Gasteiger partial charge in [-0.25, -0.2) is 11.4 Å². The van der Waals surface area contributed by atoms with Gasteiger partial charge in [-0.05, 0) is 73.8 Å². The highest BCUT2D eigenvalue weighted by atomic mass is 19.4.